The molecule has 0 aliphatic heterocycles. The van der Waals surface area contributed by atoms with Gasteiger partial charge in [0.05, 0.1) is 13.7 Å². The third-order valence-electron chi connectivity index (χ3n) is 3.43. The van der Waals surface area contributed by atoms with Crippen LogP contribution in [0.25, 0.3) is 6.08 Å². The molecule has 2 aromatic rings. The molecule has 7 heteroatoms. The zero-order valence-corrected chi connectivity index (χ0v) is 15.8. The second-order valence-corrected chi connectivity index (χ2v) is 6.97. The standard InChI is InChI=1S/C18H24N4O2S/c1-13(2)12-25-18-21-20-16(22(18)3)11-19-17(23)10-7-14-5-8-15(24-4)9-6-14/h5-10,13H,11-12H2,1-4H3,(H,19,23). The number of benzene rings is 1. The number of nitrogens with zero attached hydrogens (tertiary/aromatic N) is 3. The van der Waals surface area contributed by atoms with Crippen molar-refractivity contribution in [1.29, 1.82) is 0 Å². The highest BCUT2D eigenvalue weighted by molar-refractivity contribution is 7.99. The van der Waals surface area contributed by atoms with Gasteiger partial charge in [-0.1, -0.05) is 37.7 Å². The van der Waals surface area contributed by atoms with Crippen molar-refractivity contribution in [3.05, 3.63) is 41.7 Å². The molecule has 0 bridgehead atoms. The molecule has 0 radical (unpaired) electrons. The van der Waals surface area contributed by atoms with E-state index < -0.39 is 0 Å². The molecule has 1 amide bonds. The van der Waals surface area contributed by atoms with Crippen molar-refractivity contribution in [2.24, 2.45) is 13.0 Å². The van der Waals surface area contributed by atoms with E-state index in [9.17, 15) is 4.79 Å². The van der Waals surface area contributed by atoms with E-state index in [4.69, 9.17) is 4.74 Å². The van der Waals surface area contributed by atoms with Gasteiger partial charge in [0.25, 0.3) is 0 Å². The number of nitrogens with one attached hydrogen (secondary N) is 1. The maximum absolute atomic E-state index is 12.0. The Morgan fingerprint density at radius 2 is 2.04 bits per heavy atom. The number of thioether (sulfide) groups is 1. The van der Waals surface area contributed by atoms with Crippen LogP contribution < -0.4 is 10.1 Å². The van der Waals surface area contributed by atoms with Crippen molar-refractivity contribution < 1.29 is 9.53 Å². The first-order valence-electron chi connectivity index (χ1n) is 8.10. The lowest BCUT2D eigenvalue weighted by Crippen LogP contribution is -2.22. The van der Waals surface area contributed by atoms with Gasteiger partial charge in [-0.05, 0) is 29.7 Å². The van der Waals surface area contributed by atoms with Crippen LogP contribution in [-0.4, -0.2) is 33.5 Å². The van der Waals surface area contributed by atoms with E-state index in [1.165, 1.54) is 6.08 Å². The van der Waals surface area contributed by atoms with E-state index in [-0.39, 0.29) is 5.91 Å². The summed E-state index contributed by atoms with van der Waals surface area (Å²) < 4.78 is 7.02. The normalized spacial score (nSPS) is 11.2. The van der Waals surface area contributed by atoms with Crippen LogP contribution in [0.2, 0.25) is 0 Å². The van der Waals surface area contributed by atoms with Gasteiger partial charge in [-0.3, -0.25) is 4.79 Å². The van der Waals surface area contributed by atoms with Gasteiger partial charge in [-0.15, -0.1) is 10.2 Å². The molecule has 1 N–H and O–H groups in total. The lowest BCUT2D eigenvalue weighted by Gasteiger charge is -2.05. The zero-order valence-electron chi connectivity index (χ0n) is 15.0. The SMILES string of the molecule is COc1ccc(C=CC(=O)NCc2nnc(SCC(C)C)n2C)cc1. The number of hydrogen-bond acceptors (Lipinski definition) is 5. The van der Waals surface area contributed by atoms with Crippen LogP contribution in [-0.2, 0) is 18.4 Å². The molecule has 0 aliphatic rings. The molecule has 0 fully saturated rings. The topological polar surface area (TPSA) is 69.0 Å². The van der Waals surface area contributed by atoms with Crippen LogP contribution in [0.1, 0.15) is 25.2 Å². The minimum Gasteiger partial charge on any atom is -0.497 e. The van der Waals surface area contributed by atoms with E-state index >= 15 is 0 Å². The van der Waals surface area contributed by atoms with E-state index in [0.717, 1.165) is 28.0 Å². The number of carbonyl (C=O) groups excluding carboxylic acids is 1. The summed E-state index contributed by atoms with van der Waals surface area (Å²) in [5, 5.41) is 12.0. The Morgan fingerprint density at radius 1 is 1.32 bits per heavy atom. The summed E-state index contributed by atoms with van der Waals surface area (Å²) >= 11 is 1.67. The Morgan fingerprint density at radius 3 is 2.68 bits per heavy atom. The number of ether oxygens (including phenoxy) is 1. The summed E-state index contributed by atoms with van der Waals surface area (Å²) in [7, 11) is 3.54. The highest BCUT2D eigenvalue weighted by Crippen LogP contribution is 2.18. The first-order chi connectivity index (χ1) is 12.0. The number of amides is 1. The predicted molar refractivity (Wildman–Crippen MR) is 100 cm³/mol. The molecular weight excluding hydrogens is 336 g/mol. The molecule has 25 heavy (non-hydrogen) atoms. The molecule has 0 spiro atoms. The lowest BCUT2D eigenvalue weighted by molar-refractivity contribution is -0.116. The fourth-order valence-corrected chi connectivity index (χ4v) is 2.86. The average Bonchev–Trinajstić information content (AvgIpc) is 2.96. The predicted octanol–water partition coefficient (Wildman–Crippen LogP) is 2.90. The summed E-state index contributed by atoms with van der Waals surface area (Å²) in [6.45, 7) is 4.68. The molecule has 0 saturated heterocycles. The number of hydrogen-bond donors (Lipinski definition) is 1. The maximum Gasteiger partial charge on any atom is 0.244 e. The molecule has 2 rings (SSSR count). The first kappa shape index (κ1) is 19.1. The van der Waals surface area contributed by atoms with Crippen molar-refractivity contribution in [1.82, 2.24) is 20.1 Å². The van der Waals surface area contributed by atoms with Gasteiger partial charge in [0.15, 0.2) is 11.0 Å². The Kier molecular flexibility index (Phi) is 7.06. The molecule has 1 heterocycles. The summed E-state index contributed by atoms with van der Waals surface area (Å²) in [5.41, 5.74) is 0.932. The maximum atomic E-state index is 12.0. The Labute approximate surface area is 152 Å². The molecule has 0 aliphatic carbocycles. The van der Waals surface area contributed by atoms with Crippen LogP contribution in [0.4, 0.5) is 0 Å². The van der Waals surface area contributed by atoms with Crippen LogP contribution in [0.5, 0.6) is 5.75 Å². The third-order valence-corrected chi connectivity index (χ3v) is 4.88. The smallest absolute Gasteiger partial charge is 0.244 e. The fourth-order valence-electron chi connectivity index (χ4n) is 1.98. The monoisotopic (exact) mass is 360 g/mol. The summed E-state index contributed by atoms with van der Waals surface area (Å²) in [4.78, 5) is 12.0. The second-order valence-electron chi connectivity index (χ2n) is 5.99. The van der Waals surface area contributed by atoms with Crippen molar-refractivity contribution in [2.45, 2.75) is 25.5 Å². The molecule has 6 nitrogen and oxygen atoms in total. The molecule has 134 valence electrons. The minimum absolute atomic E-state index is 0.171. The Bertz CT molecular complexity index is 723. The Balaban J connectivity index is 1.86. The molecule has 0 atom stereocenters. The van der Waals surface area contributed by atoms with Crippen LogP contribution in [0, 0.1) is 5.92 Å². The van der Waals surface area contributed by atoms with Crippen LogP contribution in [0.3, 0.4) is 0 Å². The van der Waals surface area contributed by atoms with Gasteiger partial charge in [0.1, 0.15) is 5.75 Å². The Hall–Kier alpha value is -2.28. The van der Waals surface area contributed by atoms with E-state index in [0.29, 0.717) is 12.5 Å². The van der Waals surface area contributed by atoms with Gasteiger partial charge in [-0.25, -0.2) is 0 Å². The van der Waals surface area contributed by atoms with Crippen molar-refractivity contribution in [3.63, 3.8) is 0 Å². The summed E-state index contributed by atoms with van der Waals surface area (Å²) in [6, 6.07) is 7.49. The van der Waals surface area contributed by atoms with Gasteiger partial charge in [-0.2, -0.15) is 0 Å². The number of carbonyl (C=O) groups is 1. The first-order valence-corrected chi connectivity index (χ1v) is 9.09. The fraction of sp³-hybridized carbons (Fsp3) is 0.389. The van der Waals surface area contributed by atoms with E-state index in [1.807, 2.05) is 35.9 Å². The molecule has 0 unspecified atom stereocenters. The van der Waals surface area contributed by atoms with Gasteiger partial charge in [0, 0.05) is 18.9 Å². The van der Waals surface area contributed by atoms with Crippen molar-refractivity contribution >= 4 is 23.7 Å². The second kappa shape index (κ2) is 9.27. The zero-order chi connectivity index (χ0) is 18.2. The highest BCUT2D eigenvalue weighted by Gasteiger charge is 2.10. The van der Waals surface area contributed by atoms with Gasteiger partial charge >= 0.3 is 0 Å². The molecular formula is C18H24N4O2S. The largest absolute Gasteiger partial charge is 0.497 e. The lowest BCUT2D eigenvalue weighted by atomic mass is 10.2. The number of methoxy groups -OCH3 is 1. The molecule has 1 aromatic heterocycles. The van der Waals surface area contributed by atoms with Crippen LogP contribution in [0.15, 0.2) is 35.5 Å². The van der Waals surface area contributed by atoms with Crippen molar-refractivity contribution in [3.8, 4) is 5.75 Å². The van der Waals surface area contributed by atoms with Crippen molar-refractivity contribution in [2.75, 3.05) is 12.9 Å². The number of aromatic nitrogens is 3. The van der Waals surface area contributed by atoms with E-state index in [1.54, 1.807) is 24.9 Å². The minimum atomic E-state index is -0.171. The van der Waals surface area contributed by atoms with Crippen LogP contribution >= 0.6 is 11.8 Å². The van der Waals surface area contributed by atoms with Gasteiger partial charge < -0.3 is 14.6 Å². The average molecular weight is 360 g/mol. The molecule has 1 aromatic carbocycles. The van der Waals surface area contributed by atoms with Gasteiger partial charge in [0.2, 0.25) is 5.91 Å². The third kappa shape index (κ3) is 5.94. The summed E-state index contributed by atoms with van der Waals surface area (Å²) in [5.74, 6) is 2.93. The quantitative estimate of drug-likeness (QED) is 0.579. The summed E-state index contributed by atoms with van der Waals surface area (Å²) in [6.07, 6.45) is 3.27. The highest BCUT2D eigenvalue weighted by atomic mass is 32.2. The molecule has 0 saturated carbocycles. The number of rotatable bonds is 8. The van der Waals surface area contributed by atoms with E-state index in [2.05, 4.69) is 29.4 Å².